The van der Waals surface area contributed by atoms with E-state index in [0.29, 0.717) is 0 Å². The number of allylic oxidation sites excluding steroid dienone is 2. The summed E-state index contributed by atoms with van der Waals surface area (Å²) in [5.74, 6) is 0. The topological polar surface area (TPSA) is 0 Å². The molecule has 0 aromatic heterocycles. The third-order valence-corrected chi connectivity index (χ3v) is 5.20. The van der Waals surface area contributed by atoms with Crippen molar-refractivity contribution in [3.63, 3.8) is 0 Å². The van der Waals surface area contributed by atoms with Crippen molar-refractivity contribution >= 4 is 18.4 Å². The summed E-state index contributed by atoms with van der Waals surface area (Å²) in [4.78, 5) is 7.40. The van der Waals surface area contributed by atoms with Crippen LogP contribution < -0.4 is 0 Å². The predicted octanol–water partition coefficient (Wildman–Crippen LogP) is 3.29. The molecule has 9 heavy (non-hydrogen) atoms. The predicted molar refractivity (Wildman–Crippen MR) is 47.6 cm³/mol. The molecule has 0 spiro atoms. The van der Waals surface area contributed by atoms with E-state index in [-0.39, 0.29) is 0 Å². The van der Waals surface area contributed by atoms with Crippen LogP contribution in [0.5, 0.6) is 0 Å². The van der Waals surface area contributed by atoms with Crippen molar-refractivity contribution in [2.45, 2.75) is 33.1 Å². The monoisotopic (exact) mass is 234 g/mol. The summed E-state index contributed by atoms with van der Waals surface area (Å²) in [5, 5.41) is 0. The van der Waals surface area contributed by atoms with Gasteiger partial charge in [0.05, 0.1) is 0 Å². The fraction of sp³-hybridized carbons (Fsp3) is 0.750. The molecule has 54 valence electrons. The van der Waals surface area contributed by atoms with Crippen LogP contribution in [-0.2, 0) is 0 Å². The number of rotatable bonds is 2. The molecule has 0 saturated heterocycles. The Hall–Kier alpha value is 0.539. The van der Waals surface area contributed by atoms with Gasteiger partial charge in [0.15, 0.2) is 0 Å². The average molecular weight is 233 g/mol. The molecule has 0 bridgehead atoms. The molecular formula is C8H18Sn. The van der Waals surface area contributed by atoms with Crippen molar-refractivity contribution in [2.24, 2.45) is 0 Å². The maximum absolute atomic E-state index is 2.47. The third kappa shape index (κ3) is 8.54. The van der Waals surface area contributed by atoms with Crippen molar-refractivity contribution in [1.29, 1.82) is 0 Å². The Morgan fingerprint density at radius 1 is 1.22 bits per heavy atom. The van der Waals surface area contributed by atoms with Gasteiger partial charge in [-0.1, -0.05) is 0 Å². The molecule has 0 aliphatic heterocycles. The average Bonchev–Trinajstić information content (AvgIpc) is 1.59. The second kappa shape index (κ2) is 3.64. The van der Waals surface area contributed by atoms with Gasteiger partial charge >= 0.3 is 63.1 Å². The van der Waals surface area contributed by atoms with E-state index in [1.165, 1.54) is 10.0 Å². The summed E-state index contributed by atoms with van der Waals surface area (Å²) in [5.41, 5.74) is 1.47. The van der Waals surface area contributed by atoms with Gasteiger partial charge in [0.2, 0.25) is 0 Å². The van der Waals surface area contributed by atoms with E-state index in [1.54, 1.807) is 0 Å². The SMILES string of the molecule is CC(C)=C[CH2][Sn]([CH3])([CH3])[CH3]. The van der Waals surface area contributed by atoms with E-state index in [2.05, 4.69) is 34.7 Å². The van der Waals surface area contributed by atoms with Gasteiger partial charge in [-0.25, -0.2) is 0 Å². The molecule has 0 N–H and O–H groups in total. The fourth-order valence-corrected chi connectivity index (χ4v) is 3.42. The van der Waals surface area contributed by atoms with E-state index in [4.69, 9.17) is 0 Å². The van der Waals surface area contributed by atoms with E-state index in [1.807, 2.05) is 0 Å². The summed E-state index contributed by atoms with van der Waals surface area (Å²) < 4.78 is 1.40. The quantitative estimate of drug-likeness (QED) is 0.507. The van der Waals surface area contributed by atoms with Crippen LogP contribution in [0.2, 0.25) is 19.3 Å². The molecule has 0 rings (SSSR count). The summed E-state index contributed by atoms with van der Waals surface area (Å²) in [7, 11) is 0. The van der Waals surface area contributed by atoms with Gasteiger partial charge < -0.3 is 0 Å². The van der Waals surface area contributed by atoms with Crippen LogP contribution in [-0.4, -0.2) is 18.4 Å². The van der Waals surface area contributed by atoms with Crippen LogP contribution in [0.1, 0.15) is 13.8 Å². The van der Waals surface area contributed by atoms with E-state index < -0.39 is 18.4 Å². The Morgan fingerprint density at radius 2 is 1.67 bits per heavy atom. The molecule has 1 heteroatoms. The Labute approximate surface area is 63.2 Å². The van der Waals surface area contributed by atoms with Crippen molar-refractivity contribution in [3.8, 4) is 0 Å². The molecule has 0 radical (unpaired) electrons. The first-order valence-corrected chi connectivity index (χ1v) is 14.1. The molecule has 0 atom stereocenters. The normalized spacial score (nSPS) is 11.2. The molecule has 0 aliphatic carbocycles. The van der Waals surface area contributed by atoms with Crippen molar-refractivity contribution in [1.82, 2.24) is 0 Å². The van der Waals surface area contributed by atoms with Gasteiger partial charge in [0.25, 0.3) is 0 Å². The zero-order valence-corrected chi connectivity index (χ0v) is 10.1. The van der Waals surface area contributed by atoms with Gasteiger partial charge in [0.1, 0.15) is 0 Å². The zero-order valence-electron chi connectivity index (χ0n) is 7.28. The van der Waals surface area contributed by atoms with E-state index in [9.17, 15) is 0 Å². The molecule has 0 aliphatic rings. The number of hydrogen-bond donors (Lipinski definition) is 0. The summed E-state index contributed by atoms with van der Waals surface area (Å²) in [6, 6.07) is 0. The van der Waals surface area contributed by atoms with Gasteiger partial charge in [-0.15, -0.1) is 0 Å². The van der Waals surface area contributed by atoms with Crippen LogP contribution in [0.25, 0.3) is 0 Å². The van der Waals surface area contributed by atoms with E-state index in [0.717, 1.165) is 0 Å². The van der Waals surface area contributed by atoms with Gasteiger partial charge in [-0.3, -0.25) is 0 Å². The summed E-state index contributed by atoms with van der Waals surface area (Å²) >= 11 is -1.44. The zero-order chi connectivity index (χ0) is 7.49. The Morgan fingerprint density at radius 3 is 1.78 bits per heavy atom. The molecule has 0 nitrogen and oxygen atoms in total. The first kappa shape index (κ1) is 9.54. The van der Waals surface area contributed by atoms with Crippen molar-refractivity contribution in [2.75, 3.05) is 0 Å². The van der Waals surface area contributed by atoms with Crippen molar-refractivity contribution < 1.29 is 0 Å². The molecular weight excluding hydrogens is 215 g/mol. The first-order valence-electron chi connectivity index (χ1n) is 3.55. The second-order valence-corrected chi connectivity index (χ2v) is 19.8. The van der Waals surface area contributed by atoms with Crippen LogP contribution >= 0.6 is 0 Å². The van der Waals surface area contributed by atoms with Crippen LogP contribution in [0, 0.1) is 0 Å². The van der Waals surface area contributed by atoms with Gasteiger partial charge in [0, 0.05) is 0 Å². The minimum absolute atomic E-state index is 1.40. The summed E-state index contributed by atoms with van der Waals surface area (Å²) in [6.45, 7) is 4.36. The molecule has 0 amide bonds. The first-order chi connectivity index (χ1) is 3.92. The fourth-order valence-electron chi connectivity index (χ4n) is 0.510. The summed E-state index contributed by atoms with van der Waals surface area (Å²) in [6.07, 6.45) is 2.38. The Bertz CT molecular complexity index is 102. The molecule has 0 heterocycles. The van der Waals surface area contributed by atoms with Crippen molar-refractivity contribution in [3.05, 3.63) is 11.6 Å². The van der Waals surface area contributed by atoms with E-state index >= 15 is 0 Å². The third-order valence-electron chi connectivity index (χ3n) is 1.12. The Balaban J connectivity index is 3.64. The maximum atomic E-state index is 2.47. The Kier molecular flexibility index (Phi) is 3.86. The molecule has 0 aromatic rings. The number of hydrogen-bond acceptors (Lipinski definition) is 0. The van der Waals surface area contributed by atoms with Crippen LogP contribution in [0.15, 0.2) is 11.6 Å². The molecule has 0 saturated carbocycles. The molecule has 0 aromatic carbocycles. The minimum atomic E-state index is -1.44. The molecule has 0 unspecified atom stereocenters. The second-order valence-electron chi connectivity index (χ2n) is 4.05. The van der Waals surface area contributed by atoms with Crippen LogP contribution in [0.3, 0.4) is 0 Å². The molecule has 0 fully saturated rings. The van der Waals surface area contributed by atoms with Crippen LogP contribution in [0.4, 0.5) is 0 Å². The van der Waals surface area contributed by atoms with Gasteiger partial charge in [-0.05, 0) is 0 Å². The standard InChI is InChI=1S/C5H9.3CH3.Sn/c1-4-5(2)3;;;;/h4H,1H2,2-3H3;3*1H3;. The van der Waals surface area contributed by atoms with Gasteiger partial charge in [-0.2, -0.15) is 0 Å².